The fourth-order valence-electron chi connectivity index (χ4n) is 2.22. The maximum absolute atomic E-state index is 12.0. The number of H-pyrrole nitrogens is 1. The highest BCUT2D eigenvalue weighted by molar-refractivity contribution is 5.97. The zero-order valence-electron chi connectivity index (χ0n) is 13.1. The topological polar surface area (TPSA) is 100 Å². The van der Waals surface area contributed by atoms with E-state index in [0.717, 1.165) is 10.9 Å². The van der Waals surface area contributed by atoms with Crippen LogP contribution in [0.1, 0.15) is 20.8 Å². The van der Waals surface area contributed by atoms with Crippen molar-refractivity contribution in [3.8, 4) is 0 Å². The van der Waals surface area contributed by atoms with Crippen molar-refractivity contribution in [2.24, 2.45) is 0 Å². The number of carbonyl (C=O) groups is 3. The summed E-state index contributed by atoms with van der Waals surface area (Å²) in [6.45, 7) is -0.511. The third kappa shape index (κ3) is 4.03. The summed E-state index contributed by atoms with van der Waals surface area (Å²) in [5, 5.41) is 0.869. The number of rotatable bonds is 4. The third-order valence-corrected chi connectivity index (χ3v) is 3.44. The smallest absolute Gasteiger partial charge is 0.355 e. The van der Waals surface area contributed by atoms with Crippen LogP contribution in [-0.2, 0) is 9.53 Å². The molecular formula is C18H15N3O4. The predicted octanol–water partition coefficient (Wildman–Crippen LogP) is 1.79. The van der Waals surface area contributed by atoms with E-state index in [0.29, 0.717) is 5.56 Å². The van der Waals surface area contributed by atoms with Crippen LogP contribution in [0.3, 0.4) is 0 Å². The van der Waals surface area contributed by atoms with Crippen LogP contribution in [0.25, 0.3) is 10.9 Å². The van der Waals surface area contributed by atoms with Crippen molar-refractivity contribution in [2.75, 3.05) is 6.61 Å². The number of nitrogens with one attached hydrogen (secondary N) is 3. The Hall–Kier alpha value is -3.61. The molecule has 3 N–H and O–H groups in total. The number of aromatic amines is 1. The van der Waals surface area contributed by atoms with E-state index in [1.165, 1.54) is 0 Å². The lowest BCUT2D eigenvalue weighted by molar-refractivity contribution is -0.125. The van der Waals surface area contributed by atoms with Gasteiger partial charge in [0.15, 0.2) is 6.61 Å². The van der Waals surface area contributed by atoms with Crippen LogP contribution in [0.2, 0.25) is 0 Å². The van der Waals surface area contributed by atoms with Crippen LogP contribution >= 0.6 is 0 Å². The molecule has 1 heterocycles. The number of esters is 1. The molecule has 3 aromatic rings. The van der Waals surface area contributed by atoms with Gasteiger partial charge < -0.3 is 9.72 Å². The van der Waals surface area contributed by atoms with E-state index < -0.39 is 24.4 Å². The van der Waals surface area contributed by atoms with Crippen molar-refractivity contribution >= 4 is 28.7 Å². The lowest BCUT2D eigenvalue weighted by Gasteiger charge is -2.07. The molecule has 25 heavy (non-hydrogen) atoms. The van der Waals surface area contributed by atoms with Crippen LogP contribution in [0.5, 0.6) is 0 Å². The van der Waals surface area contributed by atoms with Gasteiger partial charge in [-0.15, -0.1) is 0 Å². The maximum Gasteiger partial charge on any atom is 0.355 e. The van der Waals surface area contributed by atoms with Crippen LogP contribution in [0.15, 0.2) is 60.7 Å². The Bertz CT molecular complexity index is 885. The van der Waals surface area contributed by atoms with Gasteiger partial charge in [-0.2, -0.15) is 0 Å². The van der Waals surface area contributed by atoms with Gasteiger partial charge in [0.2, 0.25) is 0 Å². The number of fused-ring (bicyclic) bond motifs is 1. The van der Waals surface area contributed by atoms with E-state index >= 15 is 0 Å². The molecule has 126 valence electrons. The Morgan fingerprint density at radius 3 is 2.40 bits per heavy atom. The first kappa shape index (κ1) is 16.3. The Balaban J connectivity index is 1.48. The first-order chi connectivity index (χ1) is 12.1. The highest BCUT2D eigenvalue weighted by atomic mass is 16.5. The average molecular weight is 337 g/mol. The third-order valence-electron chi connectivity index (χ3n) is 3.44. The summed E-state index contributed by atoms with van der Waals surface area (Å²) >= 11 is 0. The molecule has 0 aliphatic heterocycles. The predicted molar refractivity (Wildman–Crippen MR) is 90.6 cm³/mol. The van der Waals surface area contributed by atoms with Gasteiger partial charge in [-0.1, -0.05) is 36.4 Å². The normalized spacial score (nSPS) is 10.2. The lowest BCUT2D eigenvalue weighted by atomic mass is 10.2. The van der Waals surface area contributed by atoms with E-state index in [1.54, 1.807) is 36.4 Å². The van der Waals surface area contributed by atoms with Crippen molar-refractivity contribution in [1.29, 1.82) is 0 Å². The molecule has 0 aliphatic rings. The second-order valence-corrected chi connectivity index (χ2v) is 5.21. The monoisotopic (exact) mass is 337 g/mol. The van der Waals surface area contributed by atoms with Crippen LogP contribution in [0.4, 0.5) is 0 Å². The summed E-state index contributed by atoms with van der Waals surface area (Å²) in [4.78, 5) is 38.3. The molecule has 2 amide bonds. The van der Waals surface area contributed by atoms with Gasteiger partial charge in [0.1, 0.15) is 5.69 Å². The Labute approximate surface area is 143 Å². The minimum Gasteiger partial charge on any atom is -0.451 e. The molecule has 0 bridgehead atoms. The number of hydrogen-bond acceptors (Lipinski definition) is 4. The van der Waals surface area contributed by atoms with Gasteiger partial charge >= 0.3 is 5.97 Å². The Morgan fingerprint density at radius 2 is 1.64 bits per heavy atom. The fraction of sp³-hybridized carbons (Fsp3) is 0.0556. The van der Waals surface area contributed by atoms with E-state index in [1.807, 2.05) is 24.3 Å². The van der Waals surface area contributed by atoms with Gasteiger partial charge in [-0.25, -0.2) is 4.79 Å². The van der Waals surface area contributed by atoms with Crippen LogP contribution < -0.4 is 10.9 Å². The summed E-state index contributed by atoms with van der Waals surface area (Å²) in [6, 6.07) is 17.4. The Kier molecular flexibility index (Phi) is 4.75. The molecule has 0 fully saturated rings. The number of ether oxygens (including phenoxy) is 1. The molecule has 0 saturated carbocycles. The minimum absolute atomic E-state index is 0.252. The number of hydrazine groups is 1. The second-order valence-electron chi connectivity index (χ2n) is 5.21. The second kappa shape index (κ2) is 7.31. The number of benzene rings is 2. The van der Waals surface area contributed by atoms with Gasteiger partial charge in [-0.3, -0.25) is 20.4 Å². The molecule has 2 aromatic carbocycles. The van der Waals surface area contributed by atoms with Crippen molar-refractivity contribution in [1.82, 2.24) is 15.8 Å². The highest BCUT2D eigenvalue weighted by Crippen LogP contribution is 2.15. The van der Waals surface area contributed by atoms with Gasteiger partial charge in [0.25, 0.3) is 11.8 Å². The van der Waals surface area contributed by atoms with Gasteiger partial charge in [0, 0.05) is 16.5 Å². The Morgan fingerprint density at radius 1 is 0.920 bits per heavy atom. The van der Waals surface area contributed by atoms with Crippen molar-refractivity contribution in [2.45, 2.75) is 0 Å². The van der Waals surface area contributed by atoms with E-state index in [4.69, 9.17) is 4.74 Å². The van der Waals surface area contributed by atoms with E-state index in [9.17, 15) is 14.4 Å². The summed E-state index contributed by atoms with van der Waals surface area (Å²) in [7, 11) is 0. The molecule has 0 aliphatic carbocycles. The van der Waals surface area contributed by atoms with Crippen LogP contribution in [-0.4, -0.2) is 29.4 Å². The lowest BCUT2D eigenvalue weighted by Crippen LogP contribution is -2.43. The minimum atomic E-state index is -0.652. The molecule has 0 saturated heterocycles. The summed E-state index contributed by atoms with van der Waals surface area (Å²) in [5.41, 5.74) is 5.89. The van der Waals surface area contributed by atoms with E-state index in [2.05, 4.69) is 15.8 Å². The summed E-state index contributed by atoms with van der Waals surface area (Å²) < 4.78 is 4.92. The molecule has 7 nitrogen and oxygen atoms in total. The SMILES string of the molecule is O=C(COC(=O)c1cc2ccccc2[nH]1)NNC(=O)c1ccccc1. The summed E-state index contributed by atoms with van der Waals surface area (Å²) in [6.07, 6.45) is 0. The van der Waals surface area contributed by atoms with Crippen molar-refractivity contribution in [3.05, 3.63) is 71.9 Å². The standard InChI is InChI=1S/C18H15N3O4/c22-16(20-21-17(23)12-6-2-1-3-7-12)11-25-18(24)15-10-13-8-4-5-9-14(13)19-15/h1-10,19H,11H2,(H,20,22)(H,21,23). The average Bonchev–Trinajstić information content (AvgIpc) is 3.09. The van der Waals surface area contributed by atoms with Crippen molar-refractivity contribution < 1.29 is 19.1 Å². The highest BCUT2D eigenvalue weighted by Gasteiger charge is 2.13. The number of hydrogen-bond donors (Lipinski definition) is 3. The number of amides is 2. The number of carbonyl (C=O) groups excluding carboxylic acids is 3. The number of aromatic nitrogens is 1. The number of para-hydroxylation sites is 1. The summed E-state index contributed by atoms with van der Waals surface area (Å²) in [5.74, 6) is -1.76. The maximum atomic E-state index is 12.0. The zero-order chi connectivity index (χ0) is 17.6. The molecule has 3 rings (SSSR count). The molecule has 0 radical (unpaired) electrons. The molecule has 0 atom stereocenters. The first-order valence-corrected chi connectivity index (χ1v) is 7.52. The van der Waals surface area contributed by atoms with Gasteiger partial charge in [0.05, 0.1) is 0 Å². The quantitative estimate of drug-likeness (QED) is 0.499. The van der Waals surface area contributed by atoms with E-state index in [-0.39, 0.29) is 5.69 Å². The first-order valence-electron chi connectivity index (χ1n) is 7.52. The molecule has 0 spiro atoms. The van der Waals surface area contributed by atoms with Crippen molar-refractivity contribution in [3.63, 3.8) is 0 Å². The molecular weight excluding hydrogens is 322 g/mol. The largest absolute Gasteiger partial charge is 0.451 e. The molecule has 0 unspecified atom stereocenters. The van der Waals surface area contributed by atoms with Crippen LogP contribution in [0, 0.1) is 0 Å². The molecule has 1 aromatic heterocycles. The van der Waals surface area contributed by atoms with Gasteiger partial charge in [-0.05, 0) is 24.3 Å². The zero-order valence-corrected chi connectivity index (χ0v) is 13.1. The fourth-order valence-corrected chi connectivity index (χ4v) is 2.22. The molecule has 7 heteroatoms.